The van der Waals surface area contributed by atoms with Gasteiger partial charge in [-0.05, 0) is 48.9 Å². The molecule has 6 rings (SSSR count). The number of hydrogen-bond acceptors (Lipinski definition) is 8. The molecule has 38 heavy (non-hydrogen) atoms. The lowest BCUT2D eigenvalue weighted by molar-refractivity contribution is -0.172. The number of ether oxygens (including phenoxy) is 1. The summed E-state index contributed by atoms with van der Waals surface area (Å²) in [5.74, 6) is -1.59. The maximum absolute atomic E-state index is 15.0. The second-order valence-corrected chi connectivity index (χ2v) is 10.3. The van der Waals surface area contributed by atoms with Gasteiger partial charge in [0.2, 0.25) is 5.91 Å². The fourth-order valence-electron chi connectivity index (χ4n) is 6.08. The topological polar surface area (TPSA) is 163 Å². The molecule has 0 saturated carbocycles. The molecular formula is C27H28FN5O5. The number of nitrogens with one attached hydrogen (secondary N) is 1. The van der Waals surface area contributed by atoms with Crippen molar-refractivity contribution in [2.75, 3.05) is 6.54 Å². The third kappa shape index (κ3) is 3.22. The minimum absolute atomic E-state index is 0.0170. The van der Waals surface area contributed by atoms with Crippen molar-refractivity contribution < 1.29 is 23.8 Å². The van der Waals surface area contributed by atoms with Gasteiger partial charge < -0.3 is 31.2 Å². The third-order valence-corrected chi connectivity index (χ3v) is 8.29. The van der Waals surface area contributed by atoms with E-state index in [0.29, 0.717) is 35.3 Å². The smallest absolute Gasteiger partial charge is 0.343 e. The van der Waals surface area contributed by atoms with Crippen molar-refractivity contribution in [2.24, 2.45) is 11.5 Å². The summed E-state index contributed by atoms with van der Waals surface area (Å²) in [6, 6.07) is 1.65. The number of amides is 1. The minimum atomic E-state index is -1.96. The molecule has 0 unspecified atom stereocenters. The van der Waals surface area contributed by atoms with Gasteiger partial charge in [0.25, 0.3) is 5.56 Å². The van der Waals surface area contributed by atoms with E-state index in [1.54, 1.807) is 19.9 Å². The predicted octanol–water partition coefficient (Wildman–Crippen LogP) is 0.917. The first-order chi connectivity index (χ1) is 18.1. The second-order valence-electron chi connectivity index (χ2n) is 10.3. The summed E-state index contributed by atoms with van der Waals surface area (Å²) in [5.41, 5.74) is 13.7. The molecule has 0 saturated heterocycles. The Labute approximate surface area is 216 Å². The first-order valence-corrected chi connectivity index (χ1v) is 12.7. The number of halogens is 1. The summed E-state index contributed by atoms with van der Waals surface area (Å²) >= 11 is 0. The molecule has 2 aliphatic heterocycles. The zero-order chi connectivity index (χ0) is 27.1. The van der Waals surface area contributed by atoms with E-state index < -0.39 is 35.1 Å². The third-order valence-electron chi connectivity index (χ3n) is 8.29. The Morgan fingerprint density at radius 3 is 2.82 bits per heavy atom. The van der Waals surface area contributed by atoms with Crippen molar-refractivity contribution >= 4 is 22.8 Å². The van der Waals surface area contributed by atoms with E-state index >= 15 is 0 Å². The lowest BCUT2D eigenvalue weighted by Gasteiger charge is -2.31. The van der Waals surface area contributed by atoms with Crippen LogP contribution in [-0.4, -0.2) is 39.1 Å². The maximum atomic E-state index is 15.0. The average Bonchev–Trinajstić information content (AvgIpc) is 3.28. The Bertz CT molecular complexity index is 1630. The highest BCUT2D eigenvalue weighted by Crippen LogP contribution is 2.45. The van der Waals surface area contributed by atoms with Crippen molar-refractivity contribution in [1.29, 1.82) is 0 Å². The van der Waals surface area contributed by atoms with Gasteiger partial charge in [-0.15, -0.1) is 0 Å². The SMILES string of the molecule is CC[C@@]1(O)C(=O)OCc2c1cc1n(c2=O)Cc2c-1nc1cc(F)c(C)c3c1c2[C@@H](NC(=O)[C@H](N)CN)CC3. The molecule has 0 radical (unpaired) electrons. The Hall–Kier alpha value is -3.67. The molecule has 2 aromatic heterocycles. The Morgan fingerprint density at radius 1 is 1.34 bits per heavy atom. The summed E-state index contributed by atoms with van der Waals surface area (Å²) < 4.78 is 21.6. The lowest BCUT2D eigenvalue weighted by Crippen LogP contribution is -2.47. The number of carbonyl (C=O) groups excluding carboxylic acids is 2. The van der Waals surface area contributed by atoms with Crippen LogP contribution in [0.25, 0.3) is 22.3 Å². The summed E-state index contributed by atoms with van der Waals surface area (Å²) in [4.78, 5) is 43.7. The quantitative estimate of drug-likeness (QED) is 0.288. The van der Waals surface area contributed by atoms with Gasteiger partial charge in [0.15, 0.2) is 5.60 Å². The number of rotatable bonds is 4. The number of aliphatic hydroxyl groups is 1. The number of cyclic esters (lactones) is 1. The number of pyridine rings is 2. The van der Waals surface area contributed by atoms with Crippen molar-refractivity contribution in [2.45, 2.75) is 63.9 Å². The van der Waals surface area contributed by atoms with Crippen LogP contribution in [0.15, 0.2) is 16.9 Å². The zero-order valence-electron chi connectivity index (χ0n) is 21.1. The van der Waals surface area contributed by atoms with Crippen LogP contribution in [0, 0.1) is 12.7 Å². The first-order valence-electron chi connectivity index (χ1n) is 12.7. The fraction of sp³-hybridized carbons (Fsp3) is 0.407. The molecule has 198 valence electrons. The Balaban J connectivity index is 1.63. The van der Waals surface area contributed by atoms with E-state index in [2.05, 4.69) is 5.32 Å². The number of hydrogen-bond donors (Lipinski definition) is 4. The van der Waals surface area contributed by atoms with Gasteiger partial charge in [0, 0.05) is 29.1 Å². The van der Waals surface area contributed by atoms with Crippen molar-refractivity contribution in [3.8, 4) is 11.4 Å². The zero-order valence-corrected chi connectivity index (χ0v) is 21.1. The highest BCUT2D eigenvalue weighted by molar-refractivity contribution is 5.94. The van der Waals surface area contributed by atoms with E-state index in [4.69, 9.17) is 21.2 Å². The van der Waals surface area contributed by atoms with Gasteiger partial charge in [-0.2, -0.15) is 0 Å². The number of aryl methyl sites for hydroxylation is 1. The number of benzene rings is 1. The van der Waals surface area contributed by atoms with Crippen LogP contribution in [0.2, 0.25) is 0 Å². The van der Waals surface area contributed by atoms with Gasteiger partial charge in [-0.1, -0.05) is 6.92 Å². The van der Waals surface area contributed by atoms with Gasteiger partial charge in [0.1, 0.15) is 12.4 Å². The molecule has 0 fully saturated rings. The summed E-state index contributed by atoms with van der Waals surface area (Å²) in [6.45, 7) is 3.27. The van der Waals surface area contributed by atoms with Crippen LogP contribution in [0.5, 0.6) is 0 Å². The van der Waals surface area contributed by atoms with Gasteiger partial charge in [0.05, 0.1) is 41.1 Å². The number of fused-ring (bicyclic) bond motifs is 5. The monoisotopic (exact) mass is 521 g/mol. The Morgan fingerprint density at radius 2 is 2.11 bits per heavy atom. The highest BCUT2D eigenvalue weighted by atomic mass is 19.1. The van der Waals surface area contributed by atoms with Crippen molar-refractivity contribution in [1.82, 2.24) is 14.9 Å². The van der Waals surface area contributed by atoms with E-state index in [1.165, 1.54) is 10.6 Å². The molecular weight excluding hydrogens is 493 g/mol. The van der Waals surface area contributed by atoms with Crippen LogP contribution in [-0.2, 0) is 39.5 Å². The van der Waals surface area contributed by atoms with Crippen molar-refractivity contribution in [3.05, 3.63) is 61.7 Å². The maximum Gasteiger partial charge on any atom is 0.343 e. The lowest BCUT2D eigenvalue weighted by atomic mass is 9.81. The minimum Gasteiger partial charge on any atom is -0.458 e. The van der Waals surface area contributed by atoms with Crippen LogP contribution in [0.3, 0.4) is 0 Å². The molecule has 10 nitrogen and oxygen atoms in total. The van der Waals surface area contributed by atoms with Crippen LogP contribution in [0.1, 0.15) is 59.2 Å². The number of carbonyl (C=O) groups is 2. The molecule has 6 N–H and O–H groups in total. The molecule has 3 atom stereocenters. The van der Waals surface area contributed by atoms with Gasteiger partial charge in [-0.3, -0.25) is 9.59 Å². The molecule has 4 heterocycles. The van der Waals surface area contributed by atoms with E-state index in [0.717, 1.165) is 22.1 Å². The number of nitrogens with zero attached hydrogens (tertiary/aromatic N) is 2. The molecule has 1 aromatic carbocycles. The summed E-state index contributed by atoms with van der Waals surface area (Å²) in [6.07, 6.45) is 1.06. The van der Waals surface area contributed by atoms with Crippen LogP contribution in [0.4, 0.5) is 4.39 Å². The molecule has 1 aliphatic carbocycles. The predicted molar refractivity (Wildman–Crippen MR) is 135 cm³/mol. The van der Waals surface area contributed by atoms with Gasteiger partial charge in [-0.25, -0.2) is 14.2 Å². The molecule has 0 bridgehead atoms. The van der Waals surface area contributed by atoms with E-state index in [1.807, 2.05) is 0 Å². The second kappa shape index (κ2) is 8.42. The number of aromatic nitrogens is 2. The average molecular weight is 522 g/mol. The molecule has 3 aromatic rings. The van der Waals surface area contributed by atoms with E-state index in [9.17, 15) is 23.9 Å². The molecule has 0 spiro atoms. The van der Waals surface area contributed by atoms with Gasteiger partial charge >= 0.3 is 5.97 Å². The highest BCUT2D eigenvalue weighted by Gasteiger charge is 2.46. The summed E-state index contributed by atoms with van der Waals surface area (Å²) in [5, 5.41) is 14.9. The largest absolute Gasteiger partial charge is 0.458 e. The van der Waals surface area contributed by atoms with Crippen molar-refractivity contribution in [3.63, 3.8) is 0 Å². The number of esters is 1. The standard InChI is InChI=1S/C27H28FN5O5/c1-3-27(37)15-6-20-23-13(9-33(20)25(35)14(15)10-38-26(27)36)22-18(32-24(34)17(30)8-29)5-4-12-11(2)16(28)7-19(31-23)21(12)22/h6-7,17-18,37H,3-5,8-10,29-30H2,1-2H3,(H,32,34)/t17-,18+,27+/m1/s1. The van der Waals surface area contributed by atoms with Crippen LogP contribution >= 0.6 is 0 Å². The number of nitrogens with two attached hydrogens (primary N) is 2. The normalized spacial score (nSPS) is 21.9. The Kier molecular flexibility index (Phi) is 5.46. The van der Waals surface area contributed by atoms with E-state index in [-0.39, 0.29) is 43.1 Å². The molecule has 1 amide bonds. The summed E-state index contributed by atoms with van der Waals surface area (Å²) in [7, 11) is 0. The fourth-order valence-corrected chi connectivity index (χ4v) is 6.08. The van der Waals surface area contributed by atoms with Crippen LogP contribution < -0.4 is 22.3 Å². The molecule has 11 heteroatoms. The first kappa shape index (κ1) is 24.7. The molecule has 3 aliphatic rings.